The first-order chi connectivity index (χ1) is 39.7. The Morgan fingerprint density at radius 1 is 0.576 bits per heavy atom. The second kappa shape index (κ2) is 34.9. The van der Waals surface area contributed by atoms with Gasteiger partial charge in [-0.15, -0.1) is 0 Å². The summed E-state index contributed by atoms with van der Waals surface area (Å²) in [5.74, 6) is -4.33. The summed E-state index contributed by atoms with van der Waals surface area (Å²) in [6.07, 6.45) is 4.26. The van der Waals surface area contributed by atoms with E-state index in [1.165, 1.54) is 32.4 Å². The van der Waals surface area contributed by atoms with E-state index in [4.69, 9.17) is 34.5 Å². The summed E-state index contributed by atoms with van der Waals surface area (Å²) >= 11 is 0. The first-order valence-electron chi connectivity index (χ1n) is 27.5. The SMILES string of the molecule is CC(C)c1cc(C#N)c(F)c(C(C)C)c1CC(=O)O.CCCCOCCCNS(=O)(=O)c1ccc(S(=O)(=O)NC(=O)Cc2c(C(C)C)cc(C#N)c(F)c2C(C)C)c(OC)c1.CCCCOCCCNS(=O)(=O)c1ccc(S(N)(=O)=O)c(OC)c1. The minimum Gasteiger partial charge on any atom is -0.495 e. The molecule has 4 aromatic carbocycles. The third-order valence-electron chi connectivity index (χ3n) is 12.7. The second-order valence-electron chi connectivity index (χ2n) is 20.7. The Bertz CT molecular complexity index is 3480. The van der Waals surface area contributed by atoms with Gasteiger partial charge in [0.15, 0.2) is 0 Å². The Morgan fingerprint density at radius 2 is 0.953 bits per heavy atom. The summed E-state index contributed by atoms with van der Waals surface area (Å²) in [5.41, 5.74) is 2.51. The van der Waals surface area contributed by atoms with Crippen molar-refractivity contribution in [3.63, 3.8) is 0 Å². The first kappa shape index (κ1) is 75.0. The molecule has 0 unspecified atom stereocenters. The topological polar surface area (TPSA) is 338 Å². The molecule has 6 N–H and O–H groups in total. The van der Waals surface area contributed by atoms with Gasteiger partial charge in [-0.1, -0.05) is 82.1 Å². The van der Waals surface area contributed by atoms with Crippen LogP contribution in [0.3, 0.4) is 0 Å². The monoisotopic (exact) mass is 1270 g/mol. The number of methoxy groups -OCH3 is 2. The van der Waals surface area contributed by atoms with Crippen molar-refractivity contribution in [3.05, 3.63) is 105 Å². The largest absolute Gasteiger partial charge is 0.495 e. The molecule has 4 rings (SSSR count). The van der Waals surface area contributed by atoms with E-state index in [2.05, 4.69) is 16.4 Å². The van der Waals surface area contributed by atoms with Crippen molar-refractivity contribution < 1.29 is 76.1 Å². The number of nitriles is 2. The molecule has 0 radical (unpaired) electrons. The zero-order valence-corrected chi connectivity index (χ0v) is 53.6. The number of carbonyl (C=O) groups is 2. The van der Waals surface area contributed by atoms with Gasteiger partial charge in [0.1, 0.15) is 45.1 Å². The number of nitrogens with two attached hydrogens (primary N) is 1. The lowest BCUT2D eigenvalue weighted by molar-refractivity contribution is -0.136. The van der Waals surface area contributed by atoms with E-state index in [0.29, 0.717) is 61.5 Å². The quantitative estimate of drug-likeness (QED) is 0.0294. The molecule has 0 aliphatic carbocycles. The highest BCUT2D eigenvalue weighted by Gasteiger charge is 2.29. The molecule has 85 heavy (non-hydrogen) atoms. The number of hydrogen-bond donors (Lipinski definition) is 5. The minimum absolute atomic E-state index is 0.0125. The molecule has 21 nitrogen and oxygen atoms in total. The van der Waals surface area contributed by atoms with Crippen molar-refractivity contribution in [2.75, 3.05) is 53.7 Å². The van der Waals surface area contributed by atoms with Crippen molar-refractivity contribution in [2.24, 2.45) is 5.14 Å². The average Bonchev–Trinajstić information content (AvgIpc) is 3.52. The summed E-state index contributed by atoms with van der Waals surface area (Å²) in [4.78, 5) is 23.0. The number of rotatable bonds is 31. The molecule has 0 saturated heterocycles. The molecule has 0 saturated carbocycles. The van der Waals surface area contributed by atoms with Gasteiger partial charge < -0.3 is 24.1 Å². The number of carboxylic acid groups (broad SMARTS) is 1. The molecule has 0 aliphatic rings. The van der Waals surface area contributed by atoms with Crippen LogP contribution in [0.1, 0.15) is 176 Å². The van der Waals surface area contributed by atoms with E-state index in [0.717, 1.165) is 61.6 Å². The van der Waals surface area contributed by atoms with Crippen LogP contribution in [0.4, 0.5) is 8.78 Å². The van der Waals surface area contributed by atoms with Crippen molar-refractivity contribution in [3.8, 4) is 23.6 Å². The molecular formula is C58H82F2N6O15S4. The molecule has 0 heterocycles. The second-order valence-corrected chi connectivity index (χ2v) is 27.4. The summed E-state index contributed by atoms with van der Waals surface area (Å²) < 4.78 is 156. The van der Waals surface area contributed by atoms with Crippen LogP contribution in [0.15, 0.2) is 68.1 Å². The molecule has 4 aromatic rings. The van der Waals surface area contributed by atoms with Gasteiger partial charge in [0.25, 0.3) is 10.0 Å². The zero-order chi connectivity index (χ0) is 64.6. The van der Waals surface area contributed by atoms with Crippen LogP contribution >= 0.6 is 0 Å². The number of sulfonamides is 4. The molecule has 27 heteroatoms. The molecule has 0 fully saturated rings. The highest BCUT2D eigenvalue weighted by molar-refractivity contribution is 7.90. The number of halogens is 2. The number of nitrogens with one attached hydrogen (secondary N) is 3. The van der Waals surface area contributed by atoms with Gasteiger partial charge in [0.05, 0.1) is 48.0 Å². The molecule has 0 bridgehead atoms. The Kier molecular flexibility index (Phi) is 30.7. The van der Waals surface area contributed by atoms with Crippen LogP contribution in [0.25, 0.3) is 0 Å². The Morgan fingerprint density at radius 3 is 1.29 bits per heavy atom. The highest BCUT2D eigenvalue weighted by Crippen LogP contribution is 2.35. The van der Waals surface area contributed by atoms with Crippen LogP contribution in [-0.2, 0) is 72.0 Å². The lowest BCUT2D eigenvalue weighted by Gasteiger charge is -2.21. The molecule has 472 valence electrons. The molecular weight excluding hydrogens is 1190 g/mol. The fourth-order valence-electron chi connectivity index (χ4n) is 8.53. The van der Waals surface area contributed by atoms with Crippen LogP contribution in [-0.4, -0.2) is 104 Å². The lowest BCUT2D eigenvalue weighted by atomic mass is 9.85. The molecule has 0 atom stereocenters. The Labute approximate surface area is 501 Å². The number of carbonyl (C=O) groups excluding carboxylic acids is 1. The van der Waals surface area contributed by atoms with Gasteiger partial charge in [-0.05, 0) is 119 Å². The van der Waals surface area contributed by atoms with E-state index < -0.39 is 74.9 Å². The number of unbranched alkanes of at least 4 members (excludes halogenated alkanes) is 2. The normalized spacial score (nSPS) is 11.8. The standard InChI is InChI=1S/C29H40FN3O7S2.C15H18FNO2.C14H24N2O6S2/c1-7-8-13-40-14-9-12-32-41(35,36)22-10-11-26(25(16-22)39-6)42(37,38)33-27(34)17-24-23(19(2)3)15-21(18-31)29(30)28(24)20(4)5;1-8(2)11-5-10(7-17)15(16)14(9(3)4)12(11)6-13(18)19;1-3-4-9-22-10-5-8-16-24(19,20)12-6-7-14(23(15,17)18)13(11-12)21-2/h10-11,15-16,19-20,32H,7-9,12-14,17H2,1-6H3,(H,33,34);5,8-9H,6H2,1-4H3,(H,18,19);6-7,11,16H,3-5,8-10H2,1-2H3,(H2,15,17,18). The summed E-state index contributed by atoms with van der Waals surface area (Å²) in [6.45, 7) is 21.1. The third-order valence-corrected chi connectivity index (χ3v) is 18.0. The smallest absolute Gasteiger partial charge is 0.307 e. The van der Waals surface area contributed by atoms with Gasteiger partial charge in [0, 0.05) is 51.6 Å². The van der Waals surface area contributed by atoms with Crippen LogP contribution in [0.5, 0.6) is 11.5 Å². The van der Waals surface area contributed by atoms with Crippen LogP contribution < -0.4 is 28.8 Å². The van der Waals surface area contributed by atoms with Gasteiger partial charge in [-0.3, -0.25) is 9.59 Å². The van der Waals surface area contributed by atoms with Crippen molar-refractivity contribution in [1.29, 1.82) is 10.5 Å². The van der Waals surface area contributed by atoms with Crippen molar-refractivity contribution in [2.45, 2.75) is 164 Å². The van der Waals surface area contributed by atoms with E-state index in [1.54, 1.807) is 27.7 Å². The maximum atomic E-state index is 15.1. The first-order valence-corrected chi connectivity index (χ1v) is 33.5. The van der Waals surface area contributed by atoms with Crippen LogP contribution in [0, 0.1) is 34.3 Å². The Hall–Kier alpha value is -6.14. The fourth-order valence-corrected chi connectivity index (χ4v) is 12.5. The number of aliphatic carboxylic acids is 1. The molecule has 0 aromatic heterocycles. The number of ether oxygens (including phenoxy) is 4. The summed E-state index contributed by atoms with van der Waals surface area (Å²) in [5, 5.41) is 32.4. The summed E-state index contributed by atoms with van der Waals surface area (Å²) in [7, 11) is -13.8. The number of carboxylic acids is 1. The minimum atomic E-state index is -4.51. The number of nitrogens with zero attached hydrogens (tertiary/aromatic N) is 2. The number of hydrogen-bond acceptors (Lipinski definition) is 16. The van der Waals surface area contributed by atoms with Crippen molar-refractivity contribution in [1.82, 2.24) is 14.2 Å². The van der Waals surface area contributed by atoms with E-state index in [-0.39, 0.29) is 86.1 Å². The van der Waals surface area contributed by atoms with Gasteiger partial charge in [-0.25, -0.2) is 61.8 Å². The average molecular weight is 1270 g/mol. The van der Waals surface area contributed by atoms with Gasteiger partial charge >= 0.3 is 5.97 Å². The maximum absolute atomic E-state index is 15.1. The number of primary sulfonamides is 1. The molecule has 0 spiro atoms. The predicted octanol–water partition coefficient (Wildman–Crippen LogP) is 8.88. The van der Waals surface area contributed by atoms with E-state index >= 15 is 4.39 Å². The third kappa shape index (κ3) is 22.6. The number of amides is 1. The van der Waals surface area contributed by atoms with Crippen LogP contribution in [0.2, 0.25) is 0 Å². The van der Waals surface area contributed by atoms with Crippen molar-refractivity contribution >= 4 is 52.0 Å². The Balaban J connectivity index is 0.000000482. The fraction of sp³-hybridized carbons (Fsp3) is 0.517. The molecule has 1 amide bonds. The summed E-state index contributed by atoms with van der Waals surface area (Å²) in [6, 6.07) is 13.1. The lowest BCUT2D eigenvalue weighted by Crippen LogP contribution is -2.33. The van der Waals surface area contributed by atoms with E-state index in [1.807, 2.05) is 51.5 Å². The zero-order valence-electron chi connectivity index (χ0n) is 50.4. The predicted molar refractivity (Wildman–Crippen MR) is 317 cm³/mol. The maximum Gasteiger partial charge on any atom is 0.307 e. The van der Waals surface area contributed by atoms with E-state index in [9.17, 15) is 52.9 Å². The number of benzene rings is 4. The highest BCUT2D eigenvalue weighted by atomic mass is 32.2. The van der Waals surface area contributed by atoms with Gasteiger partial charge in [-0.2, -0.15) is 10.5 Å². The molecule has 0 aliphatic heterocycles. The van der Waals surface area contributed by atoms with Gasteiger partial charge in [0.2, 0.25) is 36.0 Å².